The Labute approximate surface area is 195 Å². The molecule has 0 spiro atoms. The third-order valence-corrected chi connectivity index (χ3v) is 5.46. The number of piperazine rings is 1. The number of amides is 1. The molecule has 1 amide bonds. The van der Waals surface area contributed by atoms with Crippen LogP contribution < -0.4 is 10.6 Å². The quantitative estimate of drug-likeness (QED) is 0.341. The summed E-state index contributed by atoms with van der Waals surface area (Å²) in [6.45, 7) is 15.3. The van der Waals surface area contributed by atoms with E-state index in [4.69, 9.17) is 4.74 Å². The molecule has 2 heterocycles. The first kappa shape index (κ1) is 25.9. The minimum Gasteiger partial charge on any atom is -0.444 e. The fraction of sp³-hybridized carbons (Fsp3) is 0.737. The molecule has 2 rings (SSSR count). The van der Waals surface area contributed by atoms with Crippen molar-refractivity contribution in [3.8, 4) is 0 Å². The molecule has 166 valence electrons. The molecular formula is C19H35IN6O2S. The molecule has 0 atom stereocenters. The van der Waals surface area contributed by atoms with Gasteiger partial charge in [0.1, 0.15) is 5.60 Å². The molecule has 2 N–H and O–H groups in total. The SMILES string of the molecule is CN=C(NCCN1CCN(C(=O)OC(C)(C)C)CC1)NCc1sc(C)nc1C.I. The van der Waals surface area contributed by atoms with Crippen LogP contribution in [0.3, 0.4) is 0 Å². The van der Waals surface area contributed by atoms with Crippen LogP contribution in [0.1, 0.15) is 36.3 Å². The van der Waals surface area contributed by atoms with Gasteiger partial charge >= 0.3 is 6.09 Å². The van der Waals surface area contributed by atoms with Gasteiger partial charge in [-0.3, -0.25) is 9.89 Å². The Kier molecular flexibility index (Phi) is 10.6. The Morgan fingerprint density at radius 2 is 1.86 bits per heavy atom. The van der Waals surface area contributed by atoms with Crippen LogP contribution in [-0.2, 0) is 11.3 Å². The van der Waals surface area contributed by atoms with E-state index < -0.39 is 5.60 Å². The smallest absolute Gasteiger partial charge is 0.410 e. The molecule has 1 saturated heterocycles. The topological polar surface area (TPSA) is 82.1 Å². The Morgan fingerprint density at radius 1 is 1.21 bits per heavy atom. The van der Waals surface area contributed by atoms with Crippen LogP contribution in [0.15, 0.2) is 4.99 Å². The van der Waals surface area contributed by atoms with Crippen LogP contribution in [-0.4, -0.2) is 78.8 Å². The van der Waals surface area contributed by atoms with E-state index in [1.54, 1.807) is 23.3 Å². The number of nitrogens with zero attached hydrogens (tertiary/aromatic N) is 4. The highest BCUT2D eigenvalue weighted by molar-refractivity contribution is 14.0. The summed E-state index contributed by atoms with van der Waals surface area (Å²) in [5, 5.41) is 7.78. The molecule has 0 saturated carbocycles. The fourth-order valence-electron chi connectivity index (χ4n) is 2.94. The van der Waals surface area contributed by atoms with Gasteiger partial charge in [0.05, 0.1) is 17.2 Å². The van der Waals surface area contributed by atoms with Crippen LogP contribution >= 0.6 is 35.3 Å². The lowest BCUT2D eigenvalue weighted by molar-refractivity contribution is 0.0147. The Balaban J connectivity index is 0.00000420. The summed E-state index contributed by atoms with van der Waals surface area (Å²) < 4.78 is 5.44. The largest absolute Gasteiger partial charge is 0.444 e. The molecule has 0 radical (unpaired) electrons. The number of carbonyl (C=O) groups is 1. The summed E-state index contributed by atoms with van der Waals surface area (Å²) in [5.74, 6) is 0.790. The number of rotatable bonds is 5. The van der Waals surface area contributed by atoms with Crippen molar-refractivity contribution < 1.29 is 9.53 Å². The van der Waals surface area contributed by atoms with Gasteiger partial charge in [-0.15, -0.1) is 35.3 Å². The number of hydrogen-bond donors (Lipinski definition) is 2. The minimum atomic E-state index is -0.447. The molecule has 0 unspecified atom stereocenters. The summed E-state index contributed by atoms with van der Waals surface area (Å²) in [5.41, 5.74) is 0.630. The molecular weight excluding hydrogens is 503 g/mol. The second-order valence-corrected chi connectivity index (χ2v) is 9.19. The molecule has 10 heteroatoms. The maximum atomic E-state index is 12.1. The molecule has 1 aliphatic heterocycles. The zero-order valence-electron chi connectivity index (χ0n) is 18.4. The number of aromatic nitrogens is 1. The number of thiazole rings is 1. The average Bonchev–Trinajstić information content (AvgIpc) is 2.94. The first-order valence-corrected chi connectivity index (χ1v) is 10.6. The van der Waals surface area contributed by atoms with Crippen molar-refractivity contribution in [3.05, 3.63) is 15.6 Å². The molecule has 1 aromatic rings. The third kappa shape index (κ3) is 9.04. The number of aryl methyl sites for hydroxylation is 2. The van der Waals surface area contributed by atoms with E-state index >= 15 is 0 Å². The summed E-state index contributed by atoms with van der Waals surface area (Å²) >= 11 is 1.71. The van der Waals surface area contributed by atoms with Crippen LogP contribution in [0.25, 0.3) is 0 Å². The predicted molar refractivity (Wildman–Crippen MR) is 129 cm³/mol. The number of carbonyl (C=O) groups excluding carboxylic acids is 1. The second-order valence-electron chi connectivity index (χ2n) is 7.90. The zero-order valence-corrected chi connectivity index (χ0v) is 21.5. The van der Waals surface area contributed by atoms with E-state index in [0.717, 1.165) is 49.4 Å². The van der Waals surface area contributed by atoms with E-state index in [-0.39, 0.29) is 30.1 Å². The van der Waals surface area contributed by atoms with Crippen molar-refractivity contribution in [3.63, 3.8) is 0 Å². The Morgan fingerprint density at radius 3 is 2.38 bits per heavy atom. The second kappa shape index (κ2) is 11.9. The lowest BCUT2D eigenvalue weighted by atomic mass is 10.2. The van der Waals surface area contributed by atoms with Crippen LogP contribution in [0.5, 0.6) is 0 Å². The van der Waals surface area contributed by atoms with E-state index in [2.05, 4.69) is 25.5 Å². The maximum Gasteiger partial charge on any atom is 0.410 e. The summed E-state index contributed by atoms with van der Waals surface area (Å²) in [6.07, 6.45) is -0.219. The third-order valence-electron chi connectivity index (χ3n) is 4.38. The number of halogens is 1. The van der Waals surface area contributed by atoms with Gasteiger partial charge in [0.25, 0.3) is 0 Å². The van der Waals surface area contributed by atoms with E-state index in [1.807, 2.05) is 34.6 Å². The Hall–Kier alpha value is -1.14. The van der Waals surface area contributed by atoms with Gasteiger partial charge in [0.15, 0.2) is 5.96 Å². The van der Waals surface area contributed by atoms with Crippen LogP contribution in [0.2, 0.25) is 0 Å². The highest BCUT2D eigenvalue weighted by atomic mass is 127. The molecule has 1 aliphatic rings. The molecule has 8 nitrogen and oxygen atoms in total. The van der Waals surface area contributed by atoms with E-state index in [1.165, 1.54) is 4.88 Å². The number of aliphatic imine (C=N–C) groups is 1. The van der Waals surface area contributed by atoms with E-state index in [9.17, 15) is 4.79 Å². The summed E-state index contributed by atoms with van der Waals surface area (Å²) in [6, 6.07) is 0. The minimum absolute atomic E-state index is 0. The van der Waals surface area contributed by atoms with Crippen molar-refractivity contribution >= 4 is 47.4 Å². The van der Waals surface area contributed by atoms with Gasteiger partial charge < -0.3 is 20.3 Å². The van der Waals surface area contributed by atoms with Gasteiger partial charge in [-0.05, 0) is 34.6 Å². The molecule has 29 heavy (non-hydrogen) atoms. The molecule has 1 aromatic heterocycles. The van der Waals surface area contributed by atoms with E-state index in [0.29, 0.717) is 13.1 Å². The first-order chi connectivity index (χ1) is 13.2. The normalized spacial score (nSPS) is 15.7. The summed E-state index contributed by atoms with van der Waals surface area (Å²) in [7, 11) is 1.78. The van der Waals surface area contributed by atoms with Crippen molar-refractivity contribution in [1.82, 2.24) is 25.4 Å². The number of nitrogens with one attached hydrogen (secondary N) is 2. The van der Waals surface area contributed by atoms with Crippen molar-refractivity contribution in [2.75, 3.05) is 46.3 Å². The van der Waals surface area contributed by atoms with Gasteiger partial charge in [0.2, 0.25) is 0 Å². The number of ether oxygens (including phenoxy) is 1. The highest BCUT2D eigenvalue weighted by Gasteiger charge is 2.25. The van der Waals surface area contributed by atoms with Gasteiger partial charge in [-0.1, -0.05) is 0 Å². The lowest BCUT2D eigenvalue weighted by Gasteiger charge is -2.35. The lowest BCUT2D eigenvalue weighted by Crippen LogP contribution is -2.51. The molecule has 0 bridgehead atoms. The van der Waals surface area contributed by atoms with Gasteiger partial charge in [0, 0.05) is 51.2 Å². The van der Waals surface area contributed by atoms with Crippen LogP contribution in [0, 0.1) is 13.8 Å². The Bertz CT molecular complexity index is 681. The predicted octanol–water partition coefficient (Wildman–Crippen LogP) is 2.60. The molecule has 0 aromatic carbocycles. The van der Waals surface area contributed by atoms with Crippen LogP contribution in [0.4, 0.5) is 4.79 Å². The highest BCUT2D eigenvalue weighted by Crippen LogP contribution is 2.16. The number of hydrogen-bond acceptors (Lipinski definition) is 6. The zero-order chi connectivity index (χ0) is 20.7. The maximum absolute atomic E-state index is 12.1. The van der Waals surface area contributed by atoms with Gasteiger partial charge in [-0.25, -0.2) is 9.78 Å². The molecule has 1 fully saturated rings. The summed E-state index contributed by atoms with van der Waals surface area (Å²) in [4.78, 5) is 26.2. The fourth-order valence-corrected chi connectivity index (χ4v) is 3.81. The number of guanidine groups is 1. The monoisotopic (exact) mass is 538 g/mol. The van der Waals surface area contributed by atoms with Crippen molar-refractivity contribution in [2.24, 2.45) is 4.99 Å². The first-order valence-electron chi connectivity index (χ1n) is 9.75. The average molecular weight is 539 g/mol. The van der Waals surface area contributed by atoms with Crippen molar-refractivity contribution in [2.45, 2.75) is 46.8 Å². The molecule has 0 aliphatic carbocycles. The standard InChI is InChI=1S/C19H34N6O2S.HI/c1-14-16(28-15(2)23-14)13-22-17(20-6)21-7-8-24-9-11-25(12-10-24)18(26)27-19(3,4)5;/h7-13H2,1-6H3,(H2,20,21,22);1H. The van der Waals surface area contributed by atoms with Gasteiger partial charge in [-0.2, -0.15) is 0 Å². The van der Waals surface area contributed by atoms with Crippen molar-refractivity contribution in [1.29, 1.82) is 0 Å².